The van der Waals surface area contributed by atoms with Gasteiger partial charge in [0.05, 0.1) is 11.6 Å². The van der Waals surface area contributed by atoms with Crippen molar-refractivity contribution >= 4 is 23.2 Å². The van der Waals surface area contributed by atoms with Crippen LogP contribution in [0.5, 0.6) is 0 Å². The van der Waals surface area contributed by atoms with Crippen LogP contribution >= 0.6 is 23.2 Å². The highest BCUT2D eigenvalue weighted by Gasteiger charge is 2.13. The van der Waals surface area contributed by atoms with Crippen molar-refractivity contribution in [3.63, 3.8) is 0 Å². The second-order valence-corrected chi connectivity index (χ2v) is 4.55. The van der Waals surface area contributed by atoms with Gasteiger partial charge in [-0.3, -0.25) is 0 Å². The molecular weight excluding hydrogens is 280 g/mol. The normalized spacial score (nSPS) is 12.7. The quantitative estimate of drug-likeness (QED) is 0.877. The molecule has 4 nitrogen and oxygen atoms in total. The molecule has 96 valence electrons. The lowest BCUT2D eigenvalue weighted by Crippen LogP contribution is -2.19. The summed E-state index contributed by atoms with van der Waals surface area (Å²) in [4.78, 5) is 3.87. The summed E-state index contributed by atoms with van der Waals surface area (Å²) in [5.74, 6) is 0.0247. The molecule has 0 amide bonds. The molecule has 0 saturated heterocycles. The summed E-state index contributed by atoms with van der Waals surface area (Å²) in [6.45, 7) is 2.26. The van der Waals surface area contributed by atoms with Crippen molar-refractivity contribution in [2.45, 2.75) is 19.5 Å². The third-order valence-electron chi connectivity index (χ3n) is 2.48. The Morgan fingerprint density at radius 3 is 2.83 bits per heavy atom. The highest BCUT2D eigenvalue weighted by atomic mass is 35.5. The van der Waals surface area contributed by atoms with Crippen LogP contribution in [0.3, 0.4) is 0 Å². The molecule has 0 aliphatic carbocycles. The minimum atomic E-state index is -0.496. The van der Waals surface area contributed by atoms with Crippen LogP contribution in [0.25, 0.3) is 0 Å². The number of hydrogen-bond donors (Lipinski definition) is 1. The lowest BCUT2D eigenvalue weighted by atomic mass is 10.1. The van der Waals surface area contributed by atoms with Crippen molar-refractivity contribution in [2.24, 2.45) is 0 Å². The fourth-order valence-corrected chi connectivity index (χ4v) is 2.04. The van der Waals surface area contributed by atoms with Gasteiger partial charge in [-0.25, -0.2) is 4.39 Å². The second kappa shape index (κ2) is 5.65. The number of aromatic nitrogens is 2. The summed E-state index contributed by atoms with van der Waals surface area (Å²) in [6, 6.07) is 2.54. The Balaban J connectivity index is 2.09. The lowest BCUT2D eigenvalue weighted by Gasteiger charge is -2.15. The second-order valence-electron chi connectivity index (χ2n) is 3.74. The van der Waals surface area contributed by atoms with Gasteiger partial charge in [0.15, 0.2) is 5.82 Å². The average molecular weight is 290 g/mol. The minimum Gasteiger partial charge on any atom is -0.343 e. The van der Waals surface area contributed by atoms with E-state index in [1.807, 2.05) is 6.92 Å². The van der Waals surface area contributed by atoms with Crippen LogP contribution in [-0.4, -0.2) is 10.1 Å². The standard InChI is InChI=1S/C11H10Cl2FN3O/c1-6(15-4-11-16-5-18-17-11)7-2-10(14)9(13)3-8(7)12/h2-3,5-6,15H,4H2,1H3. The van der Waals surface area contributed by atoms with E-state index in [-0.39, 0.29) is 11.1 Å². The van der Waals surface area contributed by atoms with E-state index in [0.717, 1.165) is 0 Å². The molecule has 0 spiro atoms. The molecule has 2 aromatic rings. The molecule has 1 heterocycles. The van der Waals surface area contributed by atoms with Gasteiger partial charge in [0.1, 0.15) is 5.82 Å². The molecular formula is C11H10Cl2FN3O. The molecule has 0 radical (unpaired) electrons. The van der Waals surface area contributed by atoms with Crippen molar-refractivity contribution in [1.29, 1.82) is 0 Å². The maximum absolute atomic E-state index is 13.4. The van der Waals surface area contributed by atoms with Gasteiger partial charge in [-0.15, -0.1) is 0 Å². The molecule has 7 heteroatoms. The number of rotatable bonds is 4. The molecule has 1 aromatic heterocycles. The number of benzene rings is 1. The minimum absolute atomic E-state index is 0.00844. The molecule has 0 aliphatic rings. The number of nitrogens with zero attached hydrogens (tertiary/aromatic N) is 2. The van der Waals surface area contributed by atoms with Gasteiger partial charge >= 0.3 is 0 Å². The smallest absolute Gasteiger partial charge is 0.213 e. The Kier molecular flexibility index (Phi) is 4.16. The van der Waals surface area contributed by atoms with Crippen LogP contribution in [0.2, 0.25) is 10.0 Å². The topological polar surface area (TPSA) is 51.0 Å². The van der Waals surface area contributed by atoms with E-state index in [1.165, 1.54) is 18.5 Å². The SMILES string of the molecule is CC(NCc1ncon1)c1cc(F)c(Cl)cc1Cl. The van der Waals surface area contributed by atoms with E-state index in [1.54, 1.807) is 0 Å². The fourth-order valence-electron chi connectivity index (χ4n) is 1.49. The van der Waals surface area contributed by atoms with E-state index in [0.29, 0.717) is 23.0 Å². The monoisotopic (exact) mass is 289 g/mol. The highest BCUT2D eigenvalue weighted by Crippen LogP contribution is 2.28. The first kappa shape index (κ1) is 13.3. The Labute approximate surface area is 113 Å². The molecule has 1 atom stereocenters. The molecule has 1 unspecified atom stereocenters. The van der Waals surface area contributed by atoms with Gasteiger partial charge in [-0.2, -0.15) is 4.98 Å². The highest BCUT2D eigenvalue weighted by molar-refractivity contribution is 6.35. The van der Waals surface area contributed by atoms with Crippen LogP contribution in [0.4, 0.5) is 4.39 Å². The predicted molar refractivity (Wildman–Crippen MR) is 66.0 cm³/mol. The Hall–Kier alpha value is -1.17. The summed E-state index contributed by atoms with van der Waals surface area (Å²) >= 11 is 11.7. The predicted octanol–water partition coefficient (Wildman–Crippen LogP) is 3.37. The van der Waals surface area contributed by atoms with Crippen LogP contribution in [-0.2, 0) is 6.54 Å². The van der Waals surface area contributed by atoms with E-state index >= 15 is 0 Å². The Bertz CT molecular complexity index is 533. The van der Waals surface area contributed by atoms with Crippen LogP contribution in [0.1, 0.15) is 24.4 Å². The van der Waals surface area contributed by atoms with Crippen LogP contribution in [0, 0.1) is 5.82 Å². The zero-order valence-electron chi connectivity index (χ0n) is 9.45. The molecule has 0 aliphatic heterocycles. The Morgan fingerprint density at radius 2 is 2.17 bits per heavy atom. The van der Waals surface area contributed by atoms with Crippen molar-refractivity contribution in [1.82, 2.24) is 15.5 Å². The van der Waals surface area contributed by atoms with Gasteiger partial charge in [0.25, 0.3) is 0 Å². The van der Waals surface area contributed by atoms with Gasteiger partial charge < -0.3 is 9.84 Å². The van der Waals surface area contributed by atoms with E-state index in [2.05, 4.69) is 20.0 Å². The van der Waals surface area contributed by atoms with Crippen molar-refractivity contribution < 1.29 is 8.91 Å². The molecule has 1 N–H and O–H groups in total. The van der Waals surface area contributed by atoms with Gasteiger partial charge in [0, 0.05) is 11.1 Å². The van der Waals surface area contributed by atoms with Crippen molar-refractivity contribution in [3.8, 4) is 0 Å². The largest absolute Gasteiger partial charge is 0.343 e. The maximum Gasteiger partial charge on any atom is 0.213 e. The first-order chi connectivity index (χ1) is 8.58. The zero-order valence-corrected chi connectivity index (χ0v) is 11.0. The molecule has 0 bridgehead atoms. The van der Waals surface area contributed by atoms with Crippen LogP contribution in [0.15, 0.2) is 23.0 Å². The number of nitrogens with one attached hydrogen (secondary N) is 1. The first-order valence-electron chi connectivity index (χ1n) is 5.21. The first-order valence-corrected chi connectivity index (χ1v) is 5.96. The Morgan fingerprint density at radius 1 is 1.39 bits per heavy atom. The van der Waals surface area contributed by atoms with Crippen molar-refractivity contribution in [2.75, 3.05) is 0 Å². The maximum atomic E-state index is 13.4. The van der Waals surface area contributed by atoms with Gasteiger partial charge in [-0.1, -0.05) is 28.4 Å². The van der Waals surface area contributed by atoms with Crippen molar-refractivity contribution in [3.05, 3.63) is 45.8 Å². The van der Waals surface area contributed by atoms with E-state index in [9.17, 15) is 4.39 Å². The molecule has 0 fully saturated rings. The number of hydrogen-bond acceptors (Lipinski definition) is 4. The van der Waals surface area contributed by atoms with E-state index in [4.69, 9.17) is 23.2 Å². The zero-order chi connectivity index (χ0) is 13.1. The fraction of sp³-hybridized carbons (Fsp3) is 0.273. The molecule has 2 rings (SSSR count). The summed E-state index contributed by atoms with van der Waals surface area (Å²) in [6.07, 6.45) is 1.25. The van der Waals surface area contributed by atoms with E-state index < -0.39 is 5.82 Å². The lowest BCUT2D eigenvalue weighted by molar-refractivity contribution is 0.405. The average Bonchev–Trinajstić information content (AvgIpc) is 2.84. The van der Waals surface area contributed by atoms with Gasteiger partial charge in [-0.05, 0) is 24.6 Å². The van der Waals surface area contributed by atoms with Crippen LogP contribution < -0.4 is 5.32 Å². The summed E-state index contributed by atoms with van der Waals surface area (Å²) in [5.41, 5.74) is 0.627. The number of halogens is 3. The summed E-state index contributed by atoms with van der Waals surface area (Å²) in [7, 11) is 0. The molecule has 18 heavy (non-hydrogen) atoms. The third kappa shape index (κ3) is 2.98. The summed E-state index contributed by atoms with van der Waals surface area (Å²) < 4.78 is 18.0. The van der Waals surface area contributed by atoms with Gasteiger partial charge in [0.2, 0.25) is 6.39 Å². The summed E-state index contributed by atoms with van der Waals surface area (Å²) in [5, 5.41) is 7.19. The molecule has 1 aromatic carbocycles. The third-order valence-corrected chi connectivity index (χ3v) is 3.10. The molecule has 0 saturated carbocycles.